The number of nitrogens with one attached hydrogen (secondary N) is 1. The first-order valence-corrected chi connectivity index (χ1v) is 11.9. The van der Waals surface area contributed by atoms with Crippen LogP contribution in [0.4, 0.5) is 0 Å². The number of imidazole rings is 1. The lowest BCUT2D eigenvalue weighted by Gasteiger charge is -2.13. The molecule has 172 valence electrons. The van der Waals surface area contributed by atoms with Crippen LogP contribution in [0.3, 0.4) is 0 Å². The number of amides is 1. The van der Waals surface area contributed by atoms with E-state index in [4.69, 9.17) is 9.72 Å². The summed E-state index contributed by atoms with van der Waals surface area (Å²) in [5, 5.41) is 3.10. The highest BCUT2D eigenvalue weighted by Crippen LogP contribution is 2.19. The number of hydrogen-bond acceptors (Lipinski definition) is 3. The van der Waals surface area contributed by atoms with Gasteiger partial charge in [0.1, 0.15) is 11.6 Å². The van der Waals surface area contributed by atoms with Crippen molar-refractivity contribution in [2.24, 2.45) is 5.92 Å². The summed E-state index contributed by atoms with van der Waals surface area (Å²) in [6, 6.07) is 14.5. The lowest BCUT2D eigenvalue weighted by atomic mass is 10.0. The maximum absolute atomic E-state index is 12.3. The second-order valence-corrected chi connectivity index (χ2v) is 8.52. The van der Waals surface area contributed by atoms with Gasteiger partial charge in [0.2, 0.25) is 5.91 Å². The number of nitrogens with zero attached hydrogens (tertiary/aromatic N) is 2. The van der Waals surface area contributed by atoms with Crippen LogP contribution < -0.4 is 10.1 Å². The van der Waals surface area contributed by atoms with E-state index < -0.39 is 0 Å². The zero-order chi connectivity index (χ0) is 22.9. The molecule has 1 aromatic heterocycles. The van der Waals surface area contributed by atoms with Crippen molar-refractivity contribution in [3.63, 3.8) is 0 Å². The minimum absolute atomic E-state index is 0.103. The molecule has 0 saturated carbocycles. The Balaban J connectivity index is 1.55. The molecule has 32 heavy (non-hydrogen) atoms. The summed E-state index contributed by atoms with van der Waals surface area (Å²) in [5.74, 6) is 2.23. The Morgan fingerprint density at radius 3 is 2.59 bits per heavy atom. The smallest absolute Gasteiger partial charge is 0.223 e. The molecule has 1 amide bonds. The summed E-state index contributed by atoms with van der Waals surface area (Å²) in [6.45, 7) is 10.6. The van der Waals surface area contributed by atoms with Gasteiger partial charge in [-0.1, -0.05) is 32.0 Å². The van der Waals surface area contributed by atoms with E-state index in [1.807, 2.05) is 12.1 Å². The molecular formula is C27H37N3O2. The van der Waals surface area contributed by atoms with Gasteiger partial charge in [0.25, 0.3) is 0 Å². The first kappa shape index (κ1) is 23.8. The summed E-state index contributed by atoms with van der Waals surface area (Å²) in [7, 11) is 0. The number of rotatable bonds is 12. The molecule has 3 rings (SSSR count). The van der Waals surface area contributed by atoms with Gasteiger partial charge in [-0.2, -0.15) is 0 Å². The van der Waals surface area contributed by atoms with Crippen LogP contribution in [0, 0.1) is 19.8 Å². The molecule has 5 nitrogen and oxygen atoms in total. The predicted octanol–water partition coefficient (Wildman–Crippen LogP) is 5.61. The number of ether oxygens (including phenoxy) is 1. The molecule has 1 heterocycles. The van der Waals surface area contributed by atoms with Gasteiger partial charge in [-0.3, -0.25) is 4.79 Å². The molecular weight excluding hydrogens is 398 g/mol. The monoisotopic (exact) mass is 435 g/mol. The van der Waals surface area contributed by atoms with Crippen LogP contribution in [0.1, 0.15) is 56.5 Å². The van der Waals surface area contributed by atoms with Crippen LogP contribution in [-0.2, 0) is 17.8 Å². The van der Waals surface area contributed by atoms with Gasteiger partial charge < -0.3 is 14.6 Å². The Labute approximate surface area is 192 Å². The zero-order valence-corrected chi connectivity index (χ0v) is 20.0. The molecule has 0 spiro atoms. The number of hydrogen-bond donors (Lipinski definition) is 1. The van der Waals surface area contributed by atoms with Gasteiger partial charge in [0.15, 0.2) is 0 Å². The third-order valence-corrected chi connectivity index (χ3v) is 6.26. The van der Waals surface area contributed by atoms with E-state index in [9.17, 15) is 4.79 Å². The summed E-state index contributed by atoms with van der Waals surface area (Å²) >= 11 is 0. The lowest BCUT2D eigenvalue weighted by molar-refractivity contribution is -0.125. The van der Waals surface area contributed by atoms with Crippen molar-refractivity contribution in [3.8, 4) is 5.75 Å². The summed E-state index contributed by atoms with van der Waals surface area (Å²) in [6.07, 6.45) is 4.48. The fourth-order valence-corrected chi connectivity index (χ4v) is 4.03. The van der Waals surface area contributed by atoms with Crippen molar-refractivity contribution >= 4 is 16.9 Å². The van der Waals surface area contributed by atoms with Gasteiger partial charge in [-0.15, -0.1) is 0 Å². The molecule has 0 aliphatic heterocycles. The van der Waals surface area contributed by atoms with Gasteiger partial charge in [-0.05, 0) is 74.9 Å². The standard InChI is InChI=1S/C27H37N3O2/c1-5-22(6-2)27(31)28-16-15-26-29-24-11-7-8-12-25(24)30(26)17-9-10-18-32-23-14-13-20(3)21(4)19-23/h7-8,11-14,19,22H,5-6,9-10,15-18H2,1-4H3,(H,28,31). The number of aromatic nitrogens is 2. The van der Waals surface area contributed by atoms with Gasteiger partial charge >= 0.3 is 0 Å². The van der Waals surface area contributed by atoms with Crippen molar-refractivity contribution in [3.05, 3.63) is 59.4 Å². The Morgan fingerprint density at radius 1 is 1.06 bits per heavy atom. The lowest BCUT2D eigenvalue weighted by Crippen LogP contribution is -2.32. The molecule has 0 aliphatic rings. The Hall–Kier alpha value is -2.82. The largest absolute Gasteiger partial charge is 0.494 e. The van der Waals surface area contributed by atoms with Crippen LogP contribution >= 0.6 is 0 Å². The number of carbonyl (C=O) groups excluding carboxylic acids is 1. The molecule has 0 bridgehead atoms. The van der Waals surface area contributed by atoms with E-state index in [0.717, 1.165) is 61.3 Å². The number of para-hydroxylation sites is 2. The number of aryl methyl sites for hydroxylation is 3. The van der Waals surface area contributed by atoms with Gasteiger partial charge in [0.05, 0.1) is 17.6 Å². The third kappa shape index (κ3) is 6.12. The fourth-order valence-electron chi connectivity index (χ4n) is 4.03. The Bertz CT molecular complexity index is 1020. The molecule has 0 fully saturated rings. The maximum Gasteiger partial charge on any atom is 0.223 e. The number of carbonyl (C=O) groups is 1. The minimum atomic E-state index is 0.103. The highest BCUT2D eigenvalue weighted by molar-refractivity contribution is 5.78. The zero-order valence-electron chi connectivity index (χ0n) is 20.0. The van der Waals surface area contributed by atoms with E-state index in [1.54, 1.807) is 0 Å². The predicted molar refractivity (Wildman–Crippen MR) is 131 cm³/mol. The van der Waals surface area contributed by atoms with Gasteiger partial charge in [-0.25, -0.2) is 4.98 Å². The van der Waals surface area contributed by atoms with Crippen LogP contribution in [0.5, 0.6) is 5.75 Å². The molecule has 0 unspecified atom stereocenters. The van der Waals surface area contributed by atoms with Gasteiger partial charge in [0, 0.05) is 25.4 Å². The number of benzene rings is 2. The quantitative estimate of drug-likeness (QED) is 0.376. The molecule has 0 saturated heterocycles. The average Bonchev–Trinajstić information content (AvgIpc) is 3.14. The summed E-state index contributed by atoms with van der Waals surface area (Å²) in [5.41, 5.74) is 4.71. The average molecular weight is 436 g/mol. The molecule has 2 aromatic carbocycles. The van der Waals surface area contributed by atoms with E-state index in [2.05, 4.69) is 67.9 Å². The van der Waals surface area contributed by atoms with Crippen LogP contribution in [0.25, 0.3) is 11.0 Å². The topological polar surface area (TPSA) is 56.2 Å². The number of unbranched alkanes of at least 4 members (excludes halogenated alkanes) is 1. The molecule has 0 atom stereocenters. The van der Waals surface area contributed by atoms with Crippen LogP contribution in [-0.4, -0.2) is 28.6 Å². The normalized spacial score (nSPS) is 11.3. The first-order valence-electron chi connectivity index (χ1n) is 11.9. The molecule has 0 radical (unpaired) electrons. The number of fused-ring (bicyclic) bond motifs is 1. The van der Waals surface area contributed by atoms with E-state index >= 15 is 0 Å². The van der Waals surface area contributed by atoms with E-state index in [1.165, 1.54) is 11.1 Å². The second kappa shape index (κ2) is 11.7. The van der Waals surface area contributed by atoms with Crippen molar-refractivity contribution in [2.75, 3.05) is 13.2 Å². The highest BCUT2D eigenvalue weighted by Gasteiger charge is 2.15. The van der Waals surface area contributed by atoms with E-state index in [-0.39, 0.29) is 11.8 Å². The van der Waals surface area contributed by atoms with Crippen molar-refractivity contribution < 1.29 is 9.53 Å². The van der Waals surface area contributed by atoms with Crippen LogP contribution in [0.2, 0.25) is 0 Å². The van der Waals surface area contributed by atoms with Crippen molar-refractivity contribution in [1.29, 1.82) is 0 Å². The summed E-state index contributed by atoms with van der Waals surface area (Å²) < 4.78 is 8.24. The van der Waals surface area contributed by atoms with Crippen molar-refractivity contribution in [1.82, 2.24) is 14.9 Å². The SMILES string of the molecule is CCC(CC)C(=O)NCCc1nc2ccccc2n1CCCCOc1ccc(C)c(C)c1. The molecule has 0 aliphatic carbocycles. The minimum Gasteiger partial charge on any atom is -0.494 e. The van der Waals surface area contributed by atoms with E-state index in [0.29, 0.717) is 13.2 Å². The van der Waals surface area contributed by atoms with Crippen molar-refractivity contribution in [2.45, 2.75) is 66.3 Å². The summed E-state index contributed by atoms with van der Waals surface area (Å²) in [4.78, 5) is 17.1. The molecule has 5 heteroatoms. The first-order chi connectivity index (χ1) is 15.5. The van der Waals surface area contributed by atoms with Crippen LogP contribution in [0.15, 0.2) is 42.5 Å². The highest BCUT2D eigenvalue weighted by atomic mass is 16.5. The maximum atomic E-state index is 12.3. The second-order valence-electron chi connectivity index (χ2n) is 8.52. The Morgan fingerprint density at radius 2 is 1.84 bits per heavy atom. The Kier molecular flexibility index (Phi) is 8.72. The fraction of sp³-hybridized carbons (Fsp3) is 0.481. The molecule has 3 aromatic rings. The molecule has 1 N–H and O–H groups in total. The third-order valence-electron chi connectivity index (χ3n) is 6.26.